The Morgan fingerprint density at radius 1 is 1.32 bits per heavy atom. The van der Waals surface area contributed by atoms with E-state index in [4.69, 9.17) is 4.99 Å². The largest absolute Gasteiger partial charge is 0.297 e. The molecule has 0 amide bonds. The Labute approximate surface area is 141 Å². The van der Waals surface area contributed by atoms with Gasteiger partial charge in [-0.1, -0.05) is 6.92 Å². The van der Waals surface area contributed by atoms with Crippen LogP contribution >= 0.6 is 23.1 Å². The summed E-state index contributed by atoms with van der Waals surface area (Å²) < 4.78 is 1.42. The Morgan fingerprint density at radius 3 is 2.95 bits per heavy atom. The van der Waals surface area contributed by atoms with Crippen molar-refractivity contribution in [2.75, 3.05) is 13.3 Å². The minimum Gasteiger partial charge on any atom is -0.297 e. The van der Waals surface area contributed by atoms with Crippen LogP contribution in [0, 0.1) is 11.3 Å². The zero-order valence-electron chi connectivity index (χ0n) is 13.6. The Bertz CT molecular complexity index is 745. The van der Waals surface area contributed by atoms with Crippen LogP contribution in [0.4, 0.5) is 0 Å². The fourth-order valence-corrected chi connectivity index (χ4v) is 6.49. The Kier molecular flexibility index (Phi) is 3.61. The number of hydrogen-bond donors (Lipinski definition) is 0. The van der Waals surface area contributed by atoms with Crippen LogP contribution in [0.15, 0.2) is 34.2 Å². The molecule has 2 saturated carbocycles. The van der Waals surface area contributed by atoms with Crippen LogP contribution in [0.3, 0.4) is 0 Å². The van der Waals surface area contributed by atoms with Gasteiger partial charge in [-0.2, -0.15) is 0 Å². The summed E-state index contributed by atoms with van der Waals surface area (Å²) in [6.07, 6.45) is 7.53. The molecule has 1 nitrogen and oxygen atoms in total. The number of benzene rings is 1. The molecule has 1 heterocycles. The molecule has 2 aromatic rings. The predicted molar refractivity (Wildman–Crippen MR) is 99.8 cm³/mol. The quantitative estimate of drug-likeness (QED) is 0.617. The highest BCUT2D eigenvalue weighted by molar-refractivity contribution is 7.98. The zero-order valence-corrected chi connectivity index (χ0v) is 15.2. The van der Waals surface area contributed by atoms with E-state index in [1.807, 2.05) is 30.1 Å². The van der Waals surface area contributed by atoms with Gasteiger partial charge in [0.15, 0.2) is 0 Å². The molecule has 0 radical (unpaired) electrons. The van der Waals surface area contributed by atoms with Gasteiger partial charge in [0.25, 0.3) is 0 Å². The van der Waals surface area contributed by atoms with E-state index >= 15 is 0 Å². The molecule has 3 atom stereocenters. The van der Waals surface area contributed by atoms with Crippen molar-refractivity contribution >= 4 is 38.9 Å². The van der Waals surface area contributed by atoms with Gasteiger partial charge in [0, 0.05) is 33.1 Å². The van der Waals surface area contributed by atoms with Crippen molar-refractivity contribution in [1.29, 1.82) is 0 Å². The minimum atomic E-state index is 0.432. The first-order valence-electron chi connectivity index (χ1n) is 8.16. The summed E-state index contributed by atoms with van der Waals surface area (Å²) in [5.41, 5.74) is 1.88. The zero-order chi connectivity index (χ0) is 15.3. The molecule has 1 aromatic carbocycles. The third-order valence-electron chi connectivity index (χ3n) is 5.72. The summed E-state index contributed by atoms with van der Waals surface area (Å²) in [6.45, 7) is 2.50. The molecule has 1 aromatic heterocycles. The maximum atomic E-state index is 4.71. The molecule has 2 aliphatic carbocycles. The van der Waals surface area contributed by atoms with Crippen molar-refractivity contribution in [1.82, 2.24) is 0 Å². The van der Waals surface area contributed by atoms with Gasteiger partial charge in [0.2, 0.25) is 0 Å². The fourth-order valence-electron chi connectivity index (χ4n) is 4.69. The van der Waals surface area contributed by atoms with Crippen molar-refractivity contribution in [3.63, 3.8) is 0 Å². The van der Waals surface area contributed by atoms with Crippen LogP contribution in [0.5, 0.6) is 0 Å². The minimum absolute atomic E-state index is 0.432. The van der Waals surface area contributed by atoms with Gasteiger partial charge in [0.1, 0.15) is 0 Å². The average molecular weight is 330 g/mol. The van der Waals surface area contributed by atoms with Gasteiger partial charge < -0.3 is 0 Å². The average Bonchev–Trinajstić information content (AvgIpc) is 3.07. The SMILES string of the molecule is CN=C1CC2CCC(C)(C2)C1c1cc2cc(SC)ccc2s1. The molecule has 0 saturated heterocycles. The number of hydrogen-bond acceptors (Lipinski definition) is 3. The first kappa shape index (κ1) is 14.8. The summed E-state index contributed by atoms with van der Waals surface area (Å²) >= 11 is 3.81. The van der Waals surface area contributed by atoms with Gasteiger partial charge in [-0.25, -0.2) is 0 Å². The van der Waals surface area contributed by atoms with E-state index in [0.717, 1.165) is 5.92 Å². The highest BCUT2D eigenvalue weighted by atomic mass is 32.2. The van der Waals surface area contributed by atoms with Gasteiger partial charge in [0.05, 0.1) is 0 Å². The van der Waals surface area contributed by atoms with Crippen LogP contribution in [0.1, 0.15) is 43.4 Å². The Morgan fingerprint density at radius 2 is 2.18 bits per heavy atom. The van der Waals surface area contributed by atoms with E-state index in [1.54, 1.807) is 0 Å². The van der Waals surface area contributed by atoms with Crippen molar-refractivity contribution in [3.8, 4) is 0 Å². The molecule has 3 heteroatoms. The number of thioether (sulfide) groups is 1. The molecule has 4 rings (SSSR count). The lowest BCUT2D eigenvalue weighted by Gasteiger charge is -2.38. The first-order valence-corrected chi connectivity index (χ1v) is 10.2. The maximum absolute atomic E-state index is 4.71. The summed E-state index contributed by atoms with van der Waals surface area (Å²) in [7, 11) is 2.00. The first-order chi connectivity index (χ1) is 10.6. The van der Waals surface area contributed by atoms with Gasteiger partial charge in [-0.3, -0.25) is 4.99 Å². The molecule has 22 heavy (non-hydrogen) atoms. The molecule has 0 spiro atoms. The maximum Gasteiger partial charge on any atom is 0.0367 e. The van der Waals surface area contributed by atoms with E-state index in [1.165, 1.54) is 51.3 Å². The summed E-state index contributed by atoms with van der Waals surface area (Å²) in [4.78, 5) is 7.61. The van der Waals surface area contributed by atoms with Gasteiger partial charge >= 0.3 is 0 Å². The van der Waals surface area contributed by atoms with Gasteiger partial charge in [-0.15, -0.1) is 23.1 Å². The lowest BCUT2D eigenvalue weighted by atomic mass is 9.67. The molecule has 3 unspecified atom stereocenters. The van der Waals surface area contributed by atoms with E-state index in [-0.39, 0.29) is 0 Å². The number of rotatable bonds is 2. The molecule has 2 bridgehead atoms. The molecule has 2 aliphatic rings. The molecule has 0 aliphatic heterocycles. The van der Waals surface area contributed by atoms with E-state index in [9.17, 15) is 0 Å². The second-order valence-corrected chi connectivity index (χ2v) is 9.16. The fraction of sp³-hybridized carbons (Fsp3) is 0.526. The third-order valence-corrected chi connectivity index (χ3v) is 7.63. The lowest BCUT2D eigenvalue weighted by molar-refractivity contribution is 0.279. The van der Waals surface area contributed by atoms with Crippen LogP contribution in [-0.2, 0) is 0 Å². The van der Waals surface area contributed by atoms with Crippen molar-refractivity contribution in [2.45, 2.75) is 43.4 Å². The topological polar surface area (TPSA) is 12.4 Å². The molecular weight excluding hydrogens is 306 g/mol. The van der Waals surface area contributed by atoms with Crippen LogP contribution in [-0.4, -0.2) is 19.0 Å². The molecular formula is C19H23NS2. The molecule has 116 valence electrons. The number of fused-ring (bicyclic) bond motifs is 3. The Hall–Kier alpha value is -0.800. The second kappa shape index (κ2) is 5.38. The molecule has 0 N–H and O–H groups in total. The van der Waals surface area contributed by atoms with Gasteiger partial charge in [-0.05, 0) is 72.9 Å². The molecule has 2 fully saturated rings. The summed E-state index contributed by atoms with van der Waals surface area (Å²) in [5.74, 6) is 1.43. The van der Waals surface area contributed by atoms with E-state index in [2.05, 4.69) is 37.4 Å². The van der Waals surface area contributed by atoms with Crippen molar-refractivity contribution < 1.29 is 0 Å². The third kappa shape index (κ3) is 2.25. The van der Waals surface area contributed by atoms with E-state index < -0.39 is 0 Å². The van der Waals surface area contributed by atoms with E-state index in [0.29, 0.717) is 11.3 Å². The van der Waals surface area contributed by atoms with Crippen LogP contribution < -0.4 is 0 Å². The number of thiophene rings is 1. The number of nitrogens with zero attached hydrogens (tertiary/aromatic N) is 1. The second-order valence-electron chi connectivity index (χ2n) is 7.17. The highest BCUT2D eigenvalue weighted by Crippen LogP contribution is 2.58. The van der Waals surface area contributed by atoms with Crippen molar-refractivity contribution in [3.05, 3.63) is 29.1 Å². The van der Waals surface area contributed by atoms with Crippen LogP contribution in [0.2, 0.25) is 0 Å². The summed E-state index contributed by atoms with van der Waals surface area (Å²) in [5, 5.41) is 1.41. The van der Waals surface area contributed by atoms with Crippen molar-refractivity contribution in [2.24, 2.45) is 16.3 Å². The lowest BCUT2D eigenvalue weighted by Crippen LogP contribution is -2.33. The summed E-state index contributed by atoms with van der Waals surface area (Å²) in [6, 6.07) is 9.32. The number of aliphatic imine (C=N–C) groups is 1. The highest BCUT2D eigenvalue weighted by Gasteiger charge is 2.49. The normalized spacial score (nSPS) is 33.0. The monoisotopic (exact) mass is 329 g/mol. The van der Waals surface area contributed by atoms with Crippen LogP contribution in [0.25, 0.3) is 10.1 Å². The standard InChI is InChI=1S/C19H23NS2/c1-19-7-6-12(11-19)8-15(20-2)18(19)17-10-13-9-14(21-3)4-5-16(13)22-17/h4-5,9-10,12,18H,6-8,11H2,1-3H3. The Balaban J connectivity index is 1.82. The smallest absolute Gasteiger partial charge is 0.0367 e. The predicted octanol–water partition coefficient (Wildman–Crippen LogP) is 5.99.